The van der Waals surface area contributed by atoms with Crippen LogP contribution in [0.5, 0.6) is 0 Å². The summed E-state index contributed by atoms with van der Waals surface area (Å²) in [7, 11) is 0. The number of rotatable bonds is 8. The number of carbonyl (C=O) groups is 4. The number of nitrogens with two attached hydrogens (primary N) is 1. The van der Waals surface area contributed by atoms with Gasteiger partial charge in [0.15, 0.2) is 10.8 Å². The molecule has 0 radical (unpaired) electrons. The summed E-state index contributed by atoms with van der Waals surface area (Å²) in [4.78, 5) is 62.3. The van der Waals surface area contributed by atoms with Gasteiger partial charge in [0.2, 0.25) is 5.91 Å². The molecule has 3 aliphatic heterocycles. The third kappa shape index (κ3) is 6.05. The lowest BCUT2D eigenvalue weighted by molar-refractivity contribution is -0.156. The molecule has 1 aromatic heterocycles. The van der Waals surface area contributed by atoms with Crippen LogP contribution < -0.4 is 11.1 Å². The van der Waals surface area contributed by atoms with Crippen molar-refractivity contribution in [2.24, 2.45) is 5.16 Å². The van der Waals surface area contributed by atoms with E-state index in [0.717, 1.165) is 53.7 Å². The zero-order valence-corrected chi connectivity index (χ0v) is 23.0. The van der Waals surface area contributed by atoms with Crippen molar-refractivity contribution < 1.29 is 42.3 Å². The number of nitrogens with zero attached hydrogens (tertiary/aromatic N) is 4. The Balaban J connectivity index is 1.32. The molecule has 2 saturated heterocycles. The molecule has 1 aromatic rings. The second-order valence-corrected chi connectivity index (χ2v) is 11.8. The second-order valence-electron chi connectivity index (χ2n) is 9.82. The van der Waals surface area contributed by atoms with Crippen LogP contribution in [0, 0.1) is 0 Å². The van der Waals surface area contributed by atoms with Crippen molar-refractivity contribution in [1.29, 1.82) is 0 Å². The summed E-state index contributed by atoms with van der Waals surface area (Å²) >= 11 is 2.25. The number of hydrogen-bond acceptors (Lipinski definition) is 10. The number of hydrogen-bond donors (Lipinski definition) is 3. The number of carboxylic acid groups (broad SMARTS) is 1. The zero-order valence-electron chi connectivity index (χ0n) is 21.3. The number of aromatic nitrogens is 1. The Morgan fingerprint density at radius 1 is 1.29 bits per heavy atom. The van der Waals surface area contributed by atoms with E-state index in [2.05, 4.69) is 15.5 Å². The molecule has 0 aromatic carbocycles. The Bertz CT molecular complexity index is 1370. The summed E-state index contributed by atoms with van der Waals surface area (Å²) in [5.74, 6) is -3.67. The number of nitrogen functional groups attached to an aromatic ring is 1. The van der Waals surface area contributed by atoms with E-state index in [0.29, 0.717) is 4.90 Å². The molecule has 0 spiro atoms. The molecule has 220 valence electrons. The number of anilines is 1. The number of allylic oxidation sites excluding steroid dienone is 1. The molecule has 2 atom stereocenters. The molecule has 1 saturated carbocycles. The molecular weight excluding hydrogens is 589 g/mol. The third-order valence-electron chi connectivity index (χ3n) is 6.99. The lowest BCUT2D eigenvalue weighted by Gasteiger charge is -2.49. The van der Waals surface area contributed by atoms with Gasteiger partial charge in [-0.2, -0.15) is 13.2 Å². The number of thiazole rings is 1. The van der Waals surface area contributed by atoms with Crippen LogP contribution in [-0.4, -0.2) is 91.8 Å². The van der Waals surface area contributed by atoms with Crippen molar-refractivity contribution in [3.05, 3.63) is 34.0 Å². The van der Waals surface area contributed by atoms with Crippen LogP contribution >= 0.6 is 23.1 Å². The Morgan fingerprint density at radius 3 is 2.66 bits per heavy atom. The molecule has 4 heterocycles. The van der Waals surface area contributed by atoms with Gasteiger partial charge in [-0.1, -0.05) is 5.16 Å². The Morgan fingerprint density at radius 2 is 2.02 bits per heavy atom. The average Bonchev–Trinajstić information content (AvgIpc) is 3.65. The first kappa shape index (κ1) is 28.9. The molecule has 4 N–H and O–H groups in total. The van der Waals surface area contributed by atoms with E-state index >= 15 is 0 Å². The van der Waals surface area contributed by atoms with Gasteiger partial charge in [-0.15, -0.1) is 23.1 Å². The van der Waals surface area contributed by atoms with Crippen LogP contribution in [-0.2, 0) is 24.0 Å². The number of carbonyl (C=O) groups excluding carboxylic acids is 3. The van der Waals surface area contributed by atoms with Crippen LogP contribution in [0.15, 0.2) is 33.5 Å². The molecule has 3 amide bonds. The number of halogens is 3. The van der Waals surface area contributed by atoms with Crippen LogP contribution in [0.25, 0.3) is 0 Å². The molecular formula is C24H25F3N6O6S2. The van der Waals surface area contributed by atoms with Crippen molar-refractivity contribution in [2.45, 2.75) is 55.8 Å². The number of β-lactam (4-membered cyclic amide) rings is 1. The maximum atomic E-state index is 13.2. The second kappa shape index (κ2) is 11.3. The molecule has 3 fully saturated rings. The summed E-state index contributed by atoms with van der Waals surface area (Å²) < 4.78 is 38.3. The lowest BCUT2D eigenvalue weighted by Crippen LogP contribution is -2.71. The smallest absolute Gasteiger partial charge is 0.406 e. The molecule has 17 heteroatoms. The molecule has 4 aliphatic rings. The highest BCUT2D eigenvalue weighted by Gasteiger charge is 2.54. The number of fused-ring (bicyclic) bond motifs is 1. The molecule has 0 unspecified atom stereocenters. The van der Waals surface area contributed by atoms with Crippen molar-refractivity contribution in [1.82, 2.24) is 20.1 Å². The fourth-order valence-corrected chi connectivity index (χ4v) is 6.92. The van der Waals surface area contributed by atoms with Gasteiger partial charge >= 0.3 is 12.1 Å². The van der Waals surface area contributed by atoms with Crippen LogP contribution in [0.3, 0.4) is 0 Å². The fraction of sp³-hybridized carbons (Fsp3) is 0.500. The van der Waals surface area contributed by atoms with E-state index < -0.39 is 47.8 Å². The van der Waals surface area contributed by atoms with E-state index in [1.807, 2.05) is 0 Å². The minimum absolute atomic E-state index is 0.0121. The van der Waals surface area contributed by atoms with E-state index in [1.165, 1.54) is 11.5 Å². The standard InChI is InChI=1S/C24H25F3N6O6S2/c25-24(26,27)10-32-6-5-11(19(32)35)7-12-8-40-21-16(20(36)33(21)17(12)22(37)38)30-18(34)15(14-9-41-23(28)29-14)31-39-13-3-1-2-4-13/h7,9,13,16,21H,1-6,8,10H2,(H2,28,29)(H,30,34)(H,37,38)/b11-7+,31-15-/t16-,21-/m1/s1. The van der Waals surface area contributed by atoms with Gasteiger partial charge in [0.05, 0.1) is 0 Å². The number of alkyl halides is 3. The summed E-state index contributed by atoms with van der Waals surface area (Å²) in [5, 5.41) is 17.5. The summed E-state index contributed by atoms with van der Waals surface area (Å²) in [6, 6.07) is -1.08. The summed E-state index contributed by atoms with van der Waals surface area (Å²) in [6.07, 6.45) is 0.103. The van der Waals surface area contributed by atoms with Crippen LogP contribution in [0.2, 0.25) is 0 Å². The topological polar surface area (TPSA) is 168 Å². The van der Waals surface area contributed by atoms with Gasteiger partial charge in [0.25, 0.3) is 11.8 Å². The molecule has 1 aliphatic carbocycles. The maximum Gasteiger partial charge on any atom is 0.406 e. The van der Waals surface area contributed by atoms with E-state index in [4.69, 9.17) is 10.6 Å². The first-order valence-corrected chi connectivity index (χ1v) is 14.6. The molecule has 5 rings (SSSR count). The predicted octanol–water partition coefficient (Wildman–Crippen LogP) is 1.85. The van der Waals surface area contributed by atoms with Gasteiger partial charge in [0, 0.05) is 23.3 Å². The largest absolute Gasteiger partial charge is 0.477 e. The molecule has 41 heavy (non-hydrogen) atoms. The van der Waals surface area contributed by atoms with Crippen molar-refractivity contribution >= 4 is 57.6 Å². The van der Waals surface area contributed by atoms with E-state index in [9.17, 15) is 37.5 Å². The number of carboxylic acids is 1. The predicted molar refractivity (Wildman–Crippen MR) is 141 cm³/mol. The highest BCUT2D eigenvalue weighted by molar-refractivity contribution is 8.00. The first-order valence-electron chi connectivity index (χ1n) is 12.7. The van der Waals surface area contributed by atoms with Gasteiger partial charge < -0.3 is 25.9 Å². The lowest BCUT2D eigenvalue weighted by atomic mass is 10.0. The minimum atomic E-state index is -4.56. The fourth-order valence-electron chi connectivity index (χ4n) is 5.06. The van der Waals surface area contributed by atoms with E-state index in [1.54, 1.807) is 0 Å². The maximum absolute atomic E-state index is 13.2. The molecule has 0 bridgehead atoms. The summed E-state index contributed by atoms with van der Waals surface area (Å²) in [5.41, 5.74) is 5.49. The van der Waals surface area contributed by atoms with Gasteiger partial charge in [-0.05, 0) is 43.8 Å². The number of thioether (sulfide) groups is 1. The zero-order chi connectivity index (χ0) is 29.5. The normalized spacial score (nSPS) is 24.7. The number of amides is 3. The highest BCUT2D eigenvalue weighted by Crippen LogP contribution is 2.41. The molecule has 12 nitrogen and oxygen atoms in total. The highest BCUT2D eigenvalue weighted by atomic mass is 32.2. The van der Waals surface area contributed by atoms with Crippen molar-refractivity contribution in [3.8, 4) is 0 Å². The van der Waals surface area contributed by atoms with Crippen LogP contribution in [0.4, 0.5) is 18.3 Å². The first-order chi connectivity index (χ1) is 19.4. The Hall–Kier alpha value is -3.60. The average molecular weight is 615 g/mol. The van der Waals surface area contributed by atoms with Gasteiger partial charge in [0.1, 0.15) is 35.5 Å². The Kier molecular flexibility index (Phi) is 8.00. The number of nitrogens with one attached hydrogen (secondary N) is 1. The third-order valence-corrected chi connectivity index (χ3v) is 8.97. The quantitative estimate of drug-likeness (QED) is 0.171. The SMILES string of the molecule is Nc1nc(/C(=N/OC2CCCC2)C(=O)N[C@@H]2C(=O)N3C(C(=O)O)=C(/C=C4\CCN(CC(F)(F)F)C4=O)CS[C@H]23)cs1. The summed E-state index contributed by atoms with van der Waals surface area (Å²) in [6.45, 7) is -1.55. The van der Waals surface area contributed by atoms with E-state index in [-0.39, 0.29) is 58.2 Å². The monoisotopic (exact) mass is 614 g/mol. The number of oxime groups is 1. The van der Waals surface area contributed by atoms with Gasteiger partial charge in [-0.25, -0.2) is 9.78 Å². The van der Waals surface area contributed by atoms with Gasteiger partial charge in [-0.3, -0.25) is 19.3 Å². The Labute approximate surface area is 239 Å². The number of likely N-dealkylation sites (tertiary alicyclic amines) is 1. The number of aliphatic carboxylic acids is 1. The van der Waals surface area contributed by atoms with Crippen LogP contribution in [0.1, 0.15) is 37.8 Å². The minimum Gasteiger partial charge on any atom is -0.477 e. The van der Waals surface area contributed by atoms with Crippen molar-refractivity contribution in [3.63, 3.8) is 0 Å². The van der Waals surface area contributed by atoms with Crippen molar-refractivity contribution in [2.75, 3.05) is 24.6 Å².